The first-order valence-corrected chi connectivity index (χ1v) is 8.22. The van der Waals surface area contributed by atoms with Gasteiger partial charge < -0.3 is 4.90 Å². The fourth-order valence-electron chi connectivity index (χ4n) is 2.88. The van der Waals surface area contributed by atoms with E-state index in [0.29, 0.717) is 11.8 Å². The van der Waals surface area contributed by atoms with E-state index in [4.69, 9.17) is 0 Å². The van der Waals surface area contributed by atoms with E-state index in [-0.39, 0.29) is 6.04 Å². The summed E-state index contributed by atoms with van der Waals surface area (Å²) in [6.45, 7) is 7.13. The fraction of sp³-hybridized carbons (Fsp3) is 0.688. The molecule has 0 aromatic carbocycles. The van der Waals surface area contributed by atoms with Crippen LogP contribution in [-0.2, 0) is 11.3 Å². The topological polar surface area (TPSA) is 20.3 Å². The molecule has 1 amide bonds. The van der Waals surface area contributed by atoms with E-state index < -0.39 is 0 Å². The van der Waals surface area contributed by atoms with Crippen molar-refractivity contribution in [1.82, 2.24) is 4.90 Å². The molecule has 1 aliphatic carbocycles. The van der Waals surface area contributed by atoms with Crippen molar-refractivity contribution in [1.29, 1.82) is 0 Å². The van der Waals surface area contributed by atoms with E-state index in [9.17, 15) is 4.79 Å². The van der Waals surface area contributed by atoms with Crippen molar-refractivity contribution >= 4 is 17.2 Å². The first-order chi connectivity index (χ1) is 9.06. The van der Waals surface area contributed by atoms with Crippen molar-refractivity contribution in [2.45, 2.75) is 65.5 Å². The average Bonchev–Trinajstić information content (AvgIpc) is 2.97. The Labute approximate surface area is 120 Å². The van der Waals surface area contributed by atoms with Gasteiger partial charge in [-0.3, -0.25) is 4.79 Å². The Bertz CT molecular complexity index is 418. The van der Waals surface area contributed by atoms with Gasteiger partial charge in [0, 0.05) is 22.2 Å². The van der Waals surface area contributed by atoms with Crippen LogP contribution < -0.4 is 0 Å². The summed E-state index contributed by atoms with van der Waals surface area (Å²) < 4.78 is 0. The third-order valence-electron chi connectivity index (χ3n) is 4.00. The first kappa shape index (κ1) is 14.6. The number of thiophene rings is 1. The molecule has 2 nitrogen and oxygen atoms in total. The summed E-state index contributed by atoms with van der Waals surface area (Å²) in [7, 11) is 0. The first-order valence-electron chi connectivity index (χ1n) is 7.41. The van der Waals surface area contributed by atoms with Crippen molar-refractivity contribution in [3.05, 3.63) is 21.9 Å². The summed E-state index contributed by atoms with van der Waals surface area (Å²) >= 11 is 1.80. The number of hydrogen-bond donors (Lipinski definition) is 0. The highest BCUT2D eigenvalue weighted by atomic mass is 32.1. The Morgan fingerprint density at radius 1 is 1.37 bits per heavy atom. The summed E-state index contributed by atoms with van der Waals surface area (Å²) in [6.07, 6.45) is 5.86. The quantitative estimate of drug-likeness (QED) is 0.783. The van der Waals surface area contributed by atoms with E-state index in [1.54, 1.807) is 11.3 Å². The molecule has 0 bridgehead atoms. The van der Waals surface area contributed by atoms with Gasteiger partial charge in [-0.1, -0.05) is 12.8 Å². The summed E-state index contributed by atoms with van der Waals surface area (Å²) in [5.74, 6) is 0.978. The van der Waals surface area contributed by atoms with Gasteiger partial charge in [-0.25, -0.2) is 0 Å². The van der Waals surface area contributed by atoms with E-state index in [0.717, 1.165) is 13.0 Å². The molecule has 2 rings (SSSR count). The van der Waals surface area contributed by atoms with Crippen LogP contribution in [0.15, 0.2) is 12.1 Å². The maximum absolute atomic E-state index is 12.5. The molecule has 0 unspecified atom stereocenters. The van der Waals surface area contributed by atoms with Gasteiger partial charge in [-0.05, 0) is 51.7 Å². The van der Waals surface area contributed by atoms with Crippen LogP contribution in [0.4, 0.5) is 0 Å². The molecule has 0 radical (unpaired) electrons. The molecule has 1 fully saturated rings. The highest BCUT2D eigenvalue weighted by Gasteiger charge is 2.23. The number of rotatable bonds is 5. The standard InChI is InChI=1S/C16H25NOS/c1-12(2)17(11-15-9-8-13(3)19-15)16(18)10-14-6-4-5-7-14/h8-9,12,14H,4-7,10-11H2,1-3H3. The van der Waals surface area contributed by atoms with Crippen LogP contribution in [0.5, 0.6) is 0 Å². The second-order valence-corrected chi connectivity index (χ2v) is 7.35. The van der Waals surface area contributed by atoms with E-state index >= 15 is 0 Å². The Morgan fingerprint density at radius 2 is 2.05 bits per heavy atom. The average molecular weight is 279 g/mol. The van der Waals surface area contributed by atoms with Gasteiger partial charge in [-0.2, -0.15) is 0 Å². The predicted molar refractivity (Wildman–Crippen MR) is 81.3 cm³/mol. The number of carbonyl (C=O) groups is 1. The maximum Gasteiger partial charge on any atom is 0.223 e. The zero-order valence-corrected chi connectivity index (χ0v) is 13.1. The van der Waals surface area contributed by atoms with Gasteiger partial charge in [0.15, 0.2) is 0 Å². The van der Waals surface area contributed by atoms with Gasteiger partial charge in [0.05, 0.1) is 6.54 Å². The van der Waals surface area contributed by atoms with Gasteiger partial charge in [0.1, 0.15) is 0 Å². The van der Waals surface area contributed by atoms with Crippen molar-refractivity contribution in [2.75, 3.05) is 0 Å². The summed E-state index contributed by atoms with van der Waals surface area (Å²) in [5, 5.41) is 0. The normalized spacial score (nSPS) is 16.2. The van der Waals surface area contributed by atoms with E-state index in [1.807, 2.05) is 4.90 Å². The molecule has 19 heavy (non-hydrogen) atoms. The summed E-state index contributed by atoms with van der Waals surface area (Å²) in [6, 6.07) is 4.58. The SMILES string of the molecule is Cc1ccc(CN(C(=O)CC2CCCC2)C(C)C)s1. The second kappa shape index (κ2) is 6.56. The Hall–Kier alpha value is -0.830. The highest BCUT2D eigenvalue weighted by molar-refractivity contribution is 7.11. The highest BCUT2D eigenvalue weighted by Crippen LogP contribution is 2.29. The third-order valence-corrected chi connectivity index (χ3v) is 4.99. The Kier molecular flexibility index (Phi) is 5.03. The molecule has 1 aromatic rings. The van der Waals surface area contributed by atoms with Gasteiger partial charge in [0.25, 0.3) is 0 Å². The lowest BCUT2D eigenvalue weighted by Gasteiger charge is -2.27. The number of hydrogen-bond acceptors (Lipinski definition) is 2. The molecular weight excluding hydrogens is 254 g/mol. The van der Waals surface area contributed by atoms with Crippen LogP contribution in [-0.4, -0.2) is 16.8 Å². The van der Waals surface area contributed by atoms with Gasteiger partial charge in [0.2, 0.25) is 5.91 Å². The van der Waals surface area contributed by atoms with Crippen LogP contribution in [0.1, 0.15) is 55.7 Å². The molecule has 1 aromatic heterocycles. The number of aryl methyl sites for hydroxylation is 1. The lowest BCUT2D eigenvalue weighted by molar-refractivity contribution is -0.134. The molecule has 0 saturated heterocycles. The van der Waals surface area contributed by atoms with Crippen molar-refractivity contribution in [3.8, 4) is 0 Å². The number of nitrogens with zero attached hydrogens (tertiary/aromatic N) is 1. The summed E-state index contributed by atoms with van der Waals surface area (Å²) in [4.78, 5) is 17.1. The molecule has 1 heterocycles. The lowest BCUT2D eigenvalue weighted by atomic mass is 10.0. The Morgan fingerprint density at radius 3 is 2.58 bits per heavy atom. The zero-order chi connectivity index (χ0) is 13.8. The lowest BCUT2D eigenvalue weighted by Crippen LogP contribution is -2.36. The minimum Gasteiger partial charge on any atom is -0.335 e. The molecule has 1 saturated carbocycles. The van der Waals surface area contributed by atoms with Crippen LogP contribution in [0, 0.1) is 12.8 Å². The largest absolute Gasteiger partial charge is 0.335 e. The van der Waals surface area contributed by atoms with Gasteiger partial charge in [-0.15, -0.1) is 11.3 Å². The predicted octanol–water partition coefficient (Wildman–Crippen LogP) is 4.37. The van der Waals surface area contributed by atoms with E-state index in [2.05, 4.69) is 32.9 Å². The summed E-state index contributed by atoms with van der Waals surface area (Å²) in [5.41, 5.74) is 0. The van der Waals surface area contributed by atoms with Crippen LogP contribution >= 0.6 is 11.3 Å². The van der Waals surface area contributed by atoms with Crippen LogP contribution in [0.2, 0.25) is 0 Å². The number of amides is 1. The van der Waals surface area contributed by atoms with Gasteiger partial charge >= 0.3 is 0 Å². The monoisotopic (exact) mass is 279 g/mol. The molecule has 0 N–H and O–H groups in total. The molecule has 106 valence electrons. The minimum atomic E-state index is 0.288. The van der Waals surface area contributed by atoms with Crippen LogP contribution in [0.3, 0.4) is 0 Å². The molecule has 3 heteroatoms. The third kappa shape index (κ3) is 4.07. The van der Waals surface area contributed by atoms with Crippen LogP contribution in [0.25, 0.3) is 0 Å². The Balaban J connectivity index is 1.96. The molecule has 0 spiro atoms. The smallest absolute Gasteiger partial charge is 0.223 e. The van der Waals surface area contributed by atoms with Crippen molar-refractivity contribution in [3.63, 3.8) is 0 Å². The van der Waals surface area contributed by atoms with Crippen molar-refractivity contribution in [2.24, 2.45) is 5.92 Å². The molecule has 1 aliphatic rings. The molecule has 0 atom stereocenters. The van der Waals surface area contributed by atoms with Crippen molar-refractivity contribution < 1.29 is 4.79 Å². The minimum absolute atomic E-state index is 0.288. The number of carbonyl (C=O) groups excluding carboxylic acids is 1. The molecular formula is C16H25NOS. The van der Waals surface area contributed by atoms with E-state index in [1.165, 1.54) is 35.4 Å². The fourth-order valence-corrected chi connectivity index (χ4v) is 3.76. The molecule has 0 aliphatic heterocycles. The second-order valence-electron chi connectivity index (χ2n) is 5.98. The maximum atomic E-state index is 12.5. The zero-order valence-electron chi connectivity index (χ0n) is 12.3.